The van der Waals surface area contributed by atoms with Crippen molar-refractivity contribution in [3.63, 3.8) is 0 Å². The van der Waals surface area contributed by atoms with Crippen LogP contribution in [0.2, 0.25) is 0 Å². The molecule has 2 N–H and O–H groups in total. The molecule has 0 saturated carbocycles. The topological polar surface area (TPSA) is 62.0 Å². The van der Waals surface area contributed by atoms with E-state index in [2.05, 4.69) is 10.3 Å². The summed E-state index contributed by atoms with van der Waals surface area (Å²) in [7, 11) is 0. The molecule has 92 valence electrons. The van der Waals surface area contributed by atoms with Crippen LogP contribution < -0.4 is 10.9 Å². The summed E-state index contributed by atoms with van der Waals surface area (Å²) in [5.74, 6) is -0.102. The molecule has 0 spiro atoms. The van der Waals surface area contributed by atoms with Gasteiger partial charge in [0.1, 0.15) is 0 Å². The average molecular weight is 242 g/mol. The minimum Gasteiger partial charge on any atom is -0.326 e. The number of aromatic nitrogens is 1. The molecule has 0 unspecified atom stereocenters. The van der Waals surface area contributed by atoms with Crippen molar-refractivity contribution in [3.8, 4) is 11.3 Å². The van der Waals surface area contributed by atoms with E-state index in [1.807, 2.05) is 31.2 Å². The lowest BCUT2D eigenvalue weighted by Crippen LogP contribution is -2.06. The monoisotopic (exact) mass is 242 g/mol. The molecule has 0 saturated heterocycles. The van der Waals surface area contributed by atoms with Crippen molar-refractivity contribution >= 4 is 11.6 Å². The van der Waals surface area contributed by atoms with Crippen LogP contribution in [0.25, 0.3) is 11.3 Å². The van der Waals surface area contributed by atoms with Gasteiger partial charge in [-0.15, -0.1) is 0 Å². The summed E-state index contributed by atoms with van der Waals surface area (Å²) in [6.45, 7) is 3.41. The molecule has 0 radical (unpaired) electrons. The summed E-state index contributed by atoms with van der Waals surface area (Å²) in [4.78, 5) is 25.0. The first-order valence-electron chi connectivity index (χ1n) is 5.64. The van der Waals surface area contributed by atoms with Crippen LogP contribution in [0.3, 0.4) is 0 Å². The molecule has 1 heterocycles. The Morgan fingerprint density at radius 2 is 2.00 bits per heavy atom. The zero-order valence-corrected chi connectivity index (χ0v) is 10.3. The van der Waals surface area contributed by atoms with Crippen molar-refractivity contribution < 1.29 is 4.79 Å². The van der Waals surface area contributed by atoms with E-state index in [-0.39, 0.29) is 11.5 Å². The van der Waals surface area contributed by atoms with Crippen LogP contribution in [0.5, 0.6) is 0 Å². The van der Waals surface area contributed by atoms with Gasteiger partial charge in [-0.05, 0) is 30.7 Å². The largest absolute Gasteiger partial charge is 0.326 e. The molecule has 4 nitrogen and oxygen atoms in total. The van der Waals surface area contributed by atoms with Gasteiger partial charge in [0.25, 0.3) is 0 Å². The Kier molecular flexibility index (Phi) is 3.28. The lowest BCUT2D eigenvalue weighted by Gasteiger charge is -2.08. The minimum absolute atomic E-state index is 0.102. The van der Waals surface area contributed by atoms with Gasteiger partial charge in [0, 0.05) is 29.9 Å². The first-order valence-corrected chi connectivity index (χ1v) is 5.64. The van der Waals surface area contributed by atoms with Crippen LogP contribution in [0, 0.1) is 6.92 Å². The van der Waals surface area contributed by atoms with Gasteiger partial charge in [-0.3, -0.25) is 9.59 Å². The van der Waals surface area contributed by atoms with Gasteiger partial charge in [0.15, 0.2) is 0 Å². The third-order valence-corrected chi connectivity index (χ3v) is 2.61. The average Bonchev–Trinajstić information content (AvgIpc) is 2.28. The third kappa shape index (κ3) is 2.66. The van der Waals surface area contributed by atoms with E-state index in [1.54, 1.807) is 6.07 Å². The Balaban J connectivity index is 2.41. The van der Waals surface area contributed by atoms with Crippen molar-refractivity contribution in [1.29, 1.82) is 0 Å². The summed E-state index contributed by atoms with van der Waals surface area (Å²) in [6.07, 6.45) is 0. The number of aromatic amines is 1. The highest BCUT2D eigenvalue weighted by Gasteiger charge is 2.04. The number of pyridine rings is 1. The molecule has 2 aromatic rings. The van der Waals surface area contributed by atoms with Gasteiger partial charge in [-0.2, -0.15) is 0 Å². The van der Waals surface area contributed by atoms with Crippen molar-refractivity contribution in [2.24, 2.45) is 0 Å². The smallest absolute Gasteiger partial charge is 0.248 e. The van der Waals surface area contributed by atoms with E-state index in [9.17, 15) is 9.59 Å². The molecule has 0 fully saturated rings. The lowest BCUT2D eigenvalue weighted by atomic mass is 10.0. The highest BCUT2D eigenvalue weighted by Crippen LogP contribution is 2.23. The fourth-order valence-corrected chi connectivity index (χ4v) is 1.85. The van der Waals surface area contributed by atoms with E-state index in [0.29, 0.717) is 0 Å². The van der Waals surface area contributed by atoms with Gasteiger partial charge in [-0.1, -0.05) is 12.1 Å². The number of carbonyl (C=O) groups is 1. The highest BCUT2D eigenvalue weighted by molar-refractivity contribution is 5.89. The standard InChI is InChI=1S/C14H14N2O2/c1-9-8-11(15-10(2)17)6-7-12(9)13-4-3-5-14(18)16-13/h3-8H,1-2H3,(H,15,17)(H,16,18). The molecule has 2 rings (SSSR count). The molecule has 1 aromatic heterocycles. The van der Waals surface area contributed by atoms with E-state index in [1.165, 1.54) is 13.0 Å². The van der Waals surface area contributed by atoms with E-state index in [0.717, 1.165) is 22.5 Å². The molecule has 0 aliphatic carbocycles. The van der Waals surface area contributed by atoms with Crippen molar-refractivity contribution in [2.45, 2.75) is 13.8 Å². The Hall–Kier alpha value is -2.36. The van der Waals surface area contributed by atoms with Gasteiger partial charge < -0.3 is 10.3 Å². The van der Waals surface area contributed by atoms with Crippen molar-refractivity contribution in [3.05, 3.63) is 52.3 Å². The van der Waals surface area contributed by atoms with E-state index in [4.69, 9.17) is 0 Å². The second-order valence-corrected chi connectivity index (χ2v) is 4.14. The van der Waals surface area contributed by atoms with Crippen LogP contribution in [-0.2, 0) is 4.79 Å². The number of hydrogen-bond acceptors (Lipinski definition) is 2. The number of hydrogen-bond donors (Lipinski definition) is 2. The second-order valence-electron chi connectivity index (χ2n) is 4.14. The van der Waals surface area contributed by atoms with Gasteiger partial charge in [0.2, 0.25) is 11.5 Å². The number of rotatable bonds is 2. The molecular formula is C14H14N2O2. The molecule has 4 heteroatoms. The molecular weight excluding hydrogens is 228 g/mol. The van der Waals surface area contributed by atoms with Gasteiger partial charge >= 0.3 is 0 Å². The van der Waals surface area contributed by atoms with E-state index >= 15 is 0 Å². The molecule has 0 bridgehead atoms. The first-order chi connectivity index (χ1) is 8.56. The van der Waals surface area contributed by atoms with Crippen molar-refractivity contribution in [2.75, 3.05) is 5.32 Å². The van der Waals surface area contributed by atoms with Crippen LogP contribution in [0.1, 0.15) is 12.5 Å². The molecule has 0 aliphatic heterocycles. The van der Waals surface area contributed by atoms with Gasteiger partial charge in [0.05, 0.1) is 0 Å². The Labute approximate surface area is 105 Å². The maximum atomic E-state index is 11.3. The number of benzene rings is 1. The summed E-state index contributed by atoms with van der Waals surface area (Å²) in [5.41, 5.74) is 3.33. The Morgan fingerprint density at radius 3 is 2.61 bits per heavy atom. The predicted molar refractivity (Wildman–Crippen MR) is 71.5 cm³/mol. The molecule has 1 amide bonds. The van der Waals surface area contributed by atoms with Crippen LogP contribution in [0.4, 0.5) is 5.69 Å². The number of amides is 1. The Bertz CT molecular complexity index is 644. The number of H-pyrrole nitrogens is 1. The van der Waals surface area contributed by atoms with Crippen LogP contribution in [-0.4, -0.2) is 10.9 Å². The molecule has 18 heavy (non-hydrogen) atoms. The fraction of sp³-hybridized carbons (Fsp3) is 0.143. The quantitative estimate of drug-likeness (QED) is 0.848. The number of nitrogens with one attached hydrogen (secondary N) is 2. The maximum absolute atomic E-state index is 11.3. The minimum atomic E-state index is -0.127. The highest BCUT2D eigenvalue weighted by atomic mass is 16.1. The molecule has 1 aromatic carbocycles. The normalized spacial score (nSPS) is 10.1. The third-order valence-electron chi connectivity index (χ3n) is 2.61. The van der Waals surface area contributed by atoms with Gasteiger partial charge in [-0.25, -0.2) is 0 Å². The summed E-state index contributed by atoms with van der Waals surface area (Å²) >= 11 is 0. The predicted octanol–water partition coefficient (Wildman–Crippen LogP) is 2.31. The second kappa shape index (κ2) is 4.87. The Morgan fingerprint density at radius 1 is 1.22 bits per heavy atom. The summed E-state index contributed by atoms with van der Waals surface area (Å²) in [6, 6.07) is 10.6. The molecule has 0 atom stereocenters. The van der Waals surface area contributed by atoms with Crippen LogP contribution in [0.15, 0.2) is 41.2 Å². The van der Waals surface area contributed by atoms with Crippen LogP contribution >= 0.6 is 0 Å². The summed E-state index contributed by atoms with van der Waals surface area (Å²) in [5, 5.41) is 2.72. The zero-order valence-electron chi connectivity index (χ0n) is 10.3. The maximum Gasteiger partial charge on any atom is 0.248 e. The number of aryl methyl sites for hydroxylation is 1. The number of anilines is 1. The fourth-order valence-electron chi connectivity index (χ4n) is 1.85. The summed E-state index contributed by atoms with van der Waals surface area (Å²) < 4.78 is 0. The van der Waals surface area contributed by atoms with E-state index < -0.39 is 0 Å². The number of carbonyl (C=O) groups excluding carboxylic acids is 1. The zero-order chi connectivity index (χ0) is 13.1. The first kappa shape index (κ1) is 12.1. The van der Waals surface area contributed by atoms with Crippen molar-refractivity contribution in [1.82, 2.24) is 4.98 Å². The molecule has 0 aliphatic rings. The SMILES string of the molecule is CC(=O)Nc1ccc(-c2cccc(=O)[nH]2)c(C)c1. The lowest BCUT2D eigenvalue weighted by molar-refractivity contribution is -0.114.